The number of hydrogen-bond donors (Lipinski definition) is 1. The first-order chi connectivity index (χ1) is 11.2. The third kappa shape index (κ3) is 7.63. The Balaban J connectivity index is 2.32. The maximum Gasteiger partial charge on any atom is 0.220 e. The summed E-state index contributed by atoms with van der Waals surface area (Å²) in [7, 11) is 1.64. The molecule has 1 aromatic heterocycles. The van der Waals surface area contributed by atoms with E-state index >= 15 is 0 Å². The molecule has 23 heavy (non-hydrogen) atoms. The Morgan fingerprint density at radius 3 is 2.70 bits per heavy atom. The molecule has 1 aromatic rings. The molecular formula is C17H30N2O4. The number of nitrogens with zero attached hydrogens (tertiary/aromatic N) is 1. The first kappa shape index (κ1) is 19.7. The van der Waals surface area contributed by atoms with E-state index in [4.69, 9.17) is 13.9 Å². The molecule has 0 bridgehead atoms. The molecule has 0 spiro atoms. The minimum absolute atomic E-state index is 0.0454. The van der Waals surface area contributed by atoms with Crippen molar-refractivity contribution in [1.82, 2.24) is 10.2 Å². The van der Waals surface area contributed by atoms with E-state index in [1.807, 2.05) is 12.1 Å². The van der Waals surface area contributed by atoms with Crippen molar-refractivity contribution >= 4 is 5.91 Å². The molecule has 0 aromatic carbocycles. The molecule has 0 unspecified atom stereocenters. The largest absolute Gasteiger partial charge is 0.468 e. The molecule has 0 aliphatic heterocycles. The van der Waals surface area contributed by atoms with Crippen molar-refractivity contribution in [3.63, 3.8) is 0 Å². The first-order valence-electron chi connectivity index (χ1n) is 8.33. The smallest absolute Gasteiger partial charge is 0.220 e. The summed E-state index contributed by atoms with van der Waals surface area (Å²) in [6.07, 6.45) is 2.85. The summed E-state index contributed by atoms with van der Waals surface area (Å²) in [4.78, 5) is 14.2. The highest BCUT2D eigenvalue weighted by molar-refractivity contribution is 5.75. The van der Waals surface area contributed by atoms with Gasteiger partial charge in [-0.2, -0.15) is 0 Å². The number of ether oxygens (including phenoxy) is 2. The van der Waals surface area contributed by atoms with Crippen LogP contribution in [0.25, 0.3) is 0 Å². The SMILES string of the molecule is CCN(CC)[C@H](CNC(=O)CCCOCCOC)c1ccco1. The molecule has 0 saturated heterocycles. The summed E-state index contributed by atoms with van der Waals surface area (Å²) in [5.74, 6) is 0.931. The highest BCUT2D eigenvalue weighted by Gasteiger charge is 2.21. The van der Waals surface area contributed by atoms with Crippen LogP contribution in [0.1, 0.15) is 38.5 Å². The van der Waals surface area contributed by atoms with Crippen molar-refractivity contribution < 1.29 is 18.7 Å². The fraction of sp³-hybridized carbons (Fsp3) is 0.706. The number of amides is 1. The van der Waals surface area contributed by atoms with E-state index in [-0.39, 0.29) is 11.9 Å². The summed E-state index contributed by atoms with van der Waals surface area (Å²) in [5.41, 5.74) is 0. The molecule has 1 heterocycles. The highest BCUT2D eigenvalue weighted by Crippen LogP contribution is 2.20. The molecule has 1 atom stereocenters. The van der Waals surface area contributed by atoms with Crippen LogP contribution in [-0.2, 0) is 14.3 Å². The van der Waals surface area contributed by atoms with Crippen molar-refractivity contribution in [3.8, 4) is 0 Å². The Morgan fingerprint density at radius 2 is 2.09 bits per heavy atom. The molecule has 0 saturated carbocycles. The fourth-order valence-corrected chi connectivity index (χ4v) is 2.43. The Hall–Kier alpha value is -1.37. The summed E-state index contributed by atoms with van der Waals surface area (Å²) in [6, 6.07) is 3.91. The molecule has 0 aliphatic carbocycles. The van der Waals surface area contributed by atoms with Crippen LogP contribution in [0.2, 0.25) is 0 Å². The standard InChI is InChI=1S/C17H30N2O4/c1-4-19(5-2)15(16-8-6-11-23-16)14-18-17(20)9-7-10-22-13-12-21-3/h6,8,11,15H,4-5,7,9-10,12-14H2,1-3H3,(H,18,20)/t15-/m1/s1. The van der Waals surface area contributed by atoms with Gasteiger partial charge in [-0.05, 0) is 31.6 Å². The predicted octanol–water partition coefficient (Wildman–Crippen LogP) is 2.22. The second-order valence-corrected chi connectivity index (χ2v) is 5.27. The van der Waals surface area contributed by atoms with Gasteiger partial charge in [-0.3, -0.25) is 9.69 Å². The van der Waals surface area contributed by atoms with Gasteiger partial charge in [0.2, 0.25) is 5.91 Å². The van der Waals surface area contributed by atoms with E-state index < -0.39 is 0 Å². The minimum Gasteiger partial charge on any atom is -0.468 e. The van der Waals surface area contributed by atoms with Gasteiger partial charge in [0.15, 0.2) is 0 Å². The van der Waals surface area contributed by atoms with E-state index in [1.54, 1.807) is 13.4 Å². The number of carbonyl (C=O) groups is 1. The quantitative estimate of drug-likeness (QED) is 0.563. The molecule has 0 radical (unpaired) electrons. The molecule has 1 N–H and O–H groups in total. The van der Waals surface area contributed by atoms with Gasteiger partial charge in [-0.15, -0.1) is 0 Å². The molecule has 1 rings (SSSR count). The maximum absolute atomic E-state index is 12.0. The predicted molar refractivity (Wildman–Crippen MR) is 89.3 cm³/mol. The van der Waals surface area contributed by atoms with Gasteiger partial charge in [-0.1, -0.05) is 13.8 Å². The van der Waals surface area contributed by atoms with Gasteiger partial charge >= 0.3 is 0 Å². The molecule has 132 valence electrons. The van der Waals surface area contributed by atoms with Crippen molar-refractivity contribution in [2.75, 3.05) is 46.6 Å². The number of rotatable bonds is 13. The van der Waals surface area contributed by atoms with E-state index in [1.165, 1.54) is 0 Å². The lowest BCUT2D eigenvalue weighted by atomic mass is 10.1. The monoisotopic (exact) mass is 326 g/mol. The average Bonchev–Trinajstić information content (AvgIpc) is 3.08. The summed E-state index contributed by atoms with van der Waals surface area (Å²) in [6.45, 7) is 8.32. The van der Waals surface area contributed by atoms with Crippen molar-refractivity contribution in [2.24, 2.45) is 0 Å². The third-order valence-corrected chi connectivity index (χ3v) is 3.74. The summed E-state index contributed by atoms with van der Waals surface area (Å²) in [5, 5.41) is 3.00. The van der Waals surface area contributed by atoms with Crippen LogP contribution in [0.3, 0.4) is 0 Å². The summed E-state index contributed by atoms with van der Waals surface area (Å²) >= 11 is 0. The van der Waals surface area contributed by atoms with Gasteiger partial charge in [-0.25, -0.2) is 0 Å². The Bertz CT molecular complexity index is 405. The van der Waals surface area contributed by atoms with E-state index in [9.17, 15) is 4.79 Å². The Kier molecular flexibility index (Phi) is 10.4. The maximum atomic E-state index is 12.0. The van der Waals surface area contributed by atoms with Gasteiger partial charge in [0.25, 0.3) is 0 Å². The van der Waals surface area contributed by atoms with Gasteiger partial charge in [0.05, 0.1) is 25.5 Å². The second-order valence-electron chi connectivity index (χ2n) is 5.27. The molecule has 6 nitrogen and oxygen atoms in total. The van der Waals surface area contributed by atoms with E-state index in [0.29, 0.717) is 39.2 Å². The third-order valence-electron chi connectivity index (χ3n) is 3.74. The lowest BCUT2D eigenvalue weighted by Gasteiger charge is -2.28. The molecular weight excluding hydrogens is 296 g/mol. The number of nitrogens with one attached hydrogen (secondary N) is 1. The van der Waals surface area contributed by atoms with Crippen molar-refractivity contribution in [1.29, 1.82) is 0 Å². The van der Waals surface area contributed by atoms with Crippen LogP contribution in [0.15, 0.2) is 22.8 Å². The first-order valence-corrected chi connectivity index (χ1v) is 8.33. The number of hydrogen-bond acceptors (Lipinski definition) is 5. The zero-order valence-electron chi connectivity index (χ0n) is 14.5. The normalized spacial score (nSPS) is 12.5. The van der Waals surface area contributed by atoms with Crippen LogP contribution >= 0.6 is 0 Å². The number of likely N-dealkylation sites (N-methyl/N-ethyl adjacent to an activating group) is 1. The zero-order valence-corrected chi connectivity index (χ0v) is 14.5. The lowest BCUT2D eigenvalue weighted by Crippen LogP contribution is -2.37. The fourth-order valence-electron chi connectivity index (χ4n) is 2.43. The topological polar surface area (TPSA) is 63.9 Å². The molecule has 1 amide bonds. The van der Waals surface area contributed by atoms with Crippen LogP contribution in [0.5, 0.6) is 0 Å². The van der Waals surface area contributed by atoms with Crippen LogP contribution < -0.4 is 5.32 Å². The molecule has 6 heteroatoms. The average molecular weight is 326 g/mol. The van der Waals surface area contributed by atoms with E-state index in [0.717, 1.165) is 18.8 Å². The van der Waals surface area contributed by atoms with Gasteiger partial charge < -0.3 is 19.2 Å². The Labute approximate surface area is 139 Å². The van der Waals surface area contributed by atoms with Crippen molar-refractivity contribution in [2.45, 2.75) is 32.7 Å². The minimum atomic E-state index is 0.0454. The van der Waals surface area contributed by atoms with Gasteiger partial charge in [0, 0.05) is 26.7 Å². The Morgan fingerprint density at radius 1 is 1.30 bits per heavy atom. The number of methoxy groups -OCH3 is 1. The van der Waals surface area contributed by atoms with Crippen LogP contribution in [0, 0.1) is 0 Å². The lowest BCUT2D eigenvalue weighted by molar-refractivity contribution is -0.121. The van der Waals surface area contributed by atoms with Crippen molar-refractivity contribution in [3.05, 3.63) is 24.2 Å². The molecule has 0 fully saturated rings. The van der Waals surface area contributed by atoms with Crippen LogP contribution in [-0.4, -0.2) is 57.4 Å². The number of furan rings is 1. The molecule has 0 aliphatic rings. The van der Waals surface area contributed by atoms with Gasteiger partial charge in [0.1, 0.15) is 5.76 Å². The number of carbonyl (C=O) groups excluding carboxylic acids is 1. The second kappa shape index (κ2) is 12.1. The summed E-state index contributed by atoms with van der Waals surface area (Å²) < 4.78 is 15.8. The van der Waals surface area contributed by atoms with E-state index in [2.05, 4.69) is 24.1 Å². The zero-order chi connectivity index (χ0) is 16.9. The highest BCUT2D eigenvalue weighted by atomic mass is 16.5. The van der Waals surface area contributed by atoms with Crippen LogP contribution in [0.4, 0.5) is 0 Å².